The molecular formula is C12H3Cl5S2. The second-order valence-electron chi connectivity index (χ2n) is 3.69. The maximum Gasteiger partial charge on any atom is 0.0806 e. The summed E-state index contributed by atoms with van der Waals surface area (Å²) >= 11 is 33.8. The van der Waals surface area contributed by atoms with Gasteiger partial charge in [-0.2, -0.15) is 0 Å². The zero-order valence-corrected chi connectivity index (χ0v) is 14.4. The van der Waals surface area contributed by atoms with Crippen molar-refractivity contribution in [1.82, 2.24) is 0 Å². The molecule has 3 rings (SSSR count). The Bertz CT molecular complexity index is 699. The molecule has 1 heterocycles. The summed E-state index contributed by atoms with van der Waals surface area (Å²) in [6.45, 7) is 0. The van der Waals surface area contributed by atoms with Gasteiger partial charge in [-0.1, -0.05) is 87.6 Å². The standard InChI is InChI=1S/C12H3Cl5S2/c13-4-2-1-3-5-10(4)19-12-9(17)7(15)6(14)8(16)11(12)18-5/h1-3H. The normalized spacial score (nSPS) is 13.1. The molecule has 0 atom stereocenters. The lowest BCUT2D eigenvalue weighted by Gasteiger charge is -2.22. The van der Waals surface area contributed by atoms with Gasteiger partial charge in [-0.3, -0.25) is 0 Å². The van der Waals surface area contributed by atoms with Gasteiger partial charge in [0.15, 0.2) is 0 Å². The van der Waals surface area contributed by atoms with Crippen LogP contribution in [0, 0.1) is 0 Å². The van der Waals surface area contributed by atoms with Crippen molar-refractivity contribution in [2.75, 3.05) is 0 Å². The van der Waals surface area contributed by atoms with Gasteiger partial charge in [0, 0.05) is 19.6 Å². The molecule has 0 saturated carbocycles. The van der Waals surface area contributed by atoms with E-state index in [2.05, 4.69) is 0 Å². The molecule has 0 aliphatic carbocycles. The lowest BCUT2D eigenvalue weighted by Crippen LogP contribution is -1.94. The predicted molar refractivity (Wildman–Crippen MR) is 86.2 cm³/mol. The second-order valence-corrected chi connectivity index (χ2v) is 7.68. The molecule has 98 valence electrons. The summed E-state index contributed by atoms with van der Waals surface area (Å²) < 4.78 is 0. The molecule has 0 spiro atoms. The monoisotopic (exact) mass is 386 g/mol. The lowest BCUT2D eigenvalue weighted by molar-refractivity contribution is 1.16. The summed E-state index contributed by atoms with van der Waals surface area (Å²) in [5.41, 5.74) is 0. The molecule has 0 bridgehead atoms. The molecule has 2 aromatic carbocycles. The van der Waals surface area contributed by atoms with Gasteiger partial charge in [0.2, 0.25) is 0 Å². The van der Waals surface area contributed by atoms with Crippen molar-refractivity contribution in [3.63, 3.8) is 0 Å². The van der Waals surface area contributed by atoms with Crippen LogP contribution in [0.3, 0.4) is 0 Å². The molecule has 0 radical (unpaired) electrons. The van der Waals surface area contributed by atoms with Gasteiger partial charge >= 0.3 is 0 Å². The van der Waals surface area contributed by atoms with Gasteiger partial charge in [-0.15, -0.1) is 0 Å². The Morgan fingerprint density at radius 1 is 0.632 bits per heavy atom. The summed E-state index contributed by atoms with van der Waals surface area (Å²) in [5, 5.41) is 2.07. The minimum absolute atomic E-state index is 0.274. The minimum atomic E-state index is 0.274. The van der Waals surface area contributed by atoms with Gasteiger partial charge in [0.05, 0.1) is 25.1 Å². The van der Waals surface area contributed by atoms with Crippen LogP contribution >= 0.6 is 81.5 Å². The molecule has 19 heavy (non-hydrogen) atoms. The van der Waals surface area contributed by atoms with Gasteiger partial charge in [-0.25, -0.2) is 0 Å². The van der Waals surface area contributed by atoms with Crippen LogP contribution in [0.15, 0.2) is 37.8 Å². The molecular weight excluding hydrogens is 386 g/mol. The third-order valence-electron chi connectivity index (χ3n) is 2.53. The highest BCUT2D eigenvalue weighted by atomic mass is 35.5. The first-order valence-electron chi connectivity index (χ1n) is 5.01. The minimum Gasteiger partial charge on any atom is -0.0860 e. The van der Waals surface area contributed by atoms with Crippen LogP contribution in [0.1, 0.15) is 0 Å². The fourth-order valence-corrected chi connectivity index (χ4v) is 5.69. The third-order valence-corrected chi connectivity index (χ3v) is 7.67. The van der Waals surface area contributed by atoms with Crippen LogP contribution < -0.4 is 0 Å². The molecule has 0 unspecified atom stereocenters. The lowest BCUT2D eigenvalue weighted by atomic mass is 10.3. The molecule has 0 aromatic heterocycles. The maximum absolute atomic E-state index is 6.25. The van der Waals surface area contributed by atoms with Crippen molar-refractivity contribution < 1.29 is 0 Å². The molecule has 0 fully saturated rings. The number of benzene rings is 2. The molecule has 0 saturated heterocycles. The molecule has 0 N–H and O–H groups in total. The highest BCUT2D eigenvalue weighted by Crippen LogP contribution is 2.58. The number of hydrogen-bond acceptors (Lipinski definition) is 2. The number of hydrogen-bond donors (Lipinski definition) is 0. The summed E-state index contributed by atoms with van der Waals surface area (Å²) in [6.07, 6.45) is 0. The van der Waals surface area contributed by atoms with Crippen LogP contribution in [0.25, 0.3) is 0 Å². The zero-order chi connectivity index (χ0) is 13.7. The number of fused-ring (bicyclic) bond motifs is 2. The zero-order valence-electron chi connectivity index (χ0n) is 8.94. The Balaban J connectivity index is 2.26. The van der Waals surface area contributed by atoms with E-state index < -0.39 is 0 Å². The molecule has 2 aromatic rings. The van der Waals surface area contributed by atoms with Gasteiger partial charge < -0.3 is 0 Å². The summed E-state index contributed by atoms with van der Waals surface area (Å²) in [4.78, 5) is 3.60. The summed E-state index contributed by atoms with van der Waals surface area (Å²) in [5.74, 6) is 0. The molecule has 7 heteroatoms. The van der Waals surface area contributed by atoms with Gasteiger partial charge in [-0.05, 0) is 12.1 Å². The average molecular weight is 389 g/mol. The van der Waals surface area contributed by atoms with Crippen molar-refractivity contribution >= 4 is 81.5 Å². The van der Waals surface area contributed by atoms with E-state index in [1.54, 1.807) is 0 Å². The summed E-state index contributed by atoms with van der Waals surface area (Å²) in [6, 6.07) is 5.72. The topological polar surface area (TPSA) is 0 Å². The van der Waals surface area contributed by atoms with Crippen LogP contribution in [-0.4, -0.2) is 0 Å². The Morgan fingerprint density at radius 2 is 1.21 bits per heavy atom. The van der Waals surface area contributed by atoms with E-state index in [1.165, 1.54) is 23.5 Å². The van der Waals surface area contributed by atoms with E-state index in [0.29, 0.717) is 15.1 Å². The van der Waals surface area contributed by atoms with E-state index in [-0.39, 0.29) is 10.0 Å². The molecule has 1 aliphatic rings. The fraction of sp³-hybridized carbons (Fsp3) is 0. The Labute approximate surface area is 143 Å². The quantitative estimate of drug-likeness (QED) is 0.288. The Hall–Kier alpha value is 0.590. The van der Waals surface area contributed by atoms with Crippen molar-refractivity contribution in [3.05, 3.63) is 43.3 Å². The van der Waals surface area contributed by atoms with Gasteiger partial charge in [0.25, 0.3) is 0 Å². The number of halogens is 5. The largest absolute Gasteiger partial charge is 0.0860 e. The predicted octanol–water partition coefficient (Wildman–Crippen LogP) is 7.57. The number of rotatable bonds is 0. The first-order valence-corrected chi connectivity index (χ1v) is 8.53. The Morgan fingerprint density at radius 3 is 1.84 bits per heavy atom. The van der Waals surface area contributed by atoms with Crippen molar-refractivity contribution in [3.8, 4) is 0 Å². The molecule has 1 aliphatic heterocycles. The van der Waals surface area contributed by atoms with Crippen LogP contribution in [-0.2, 0) is 0 Å². The van der Waals surface area contributed by atoms with E-state index in [9.17, 15) is 0 Å². The fourth-order valence-electron chi connectivity index (χ4n) is 1.65. The SMILES string of the molecule is Clc1cccc2c1Sc1c(Cl)c(Cl)c(Cl)c(Cl)c1S2. The van der Waals surface area contributed by atoms with Crippen LogP contribution in [0.2, 0.25) is 25.1 Å². The van der Waals surface area contributed by atoms with Crippen LogP contribution in [0.5, 0.6) is 0 Å². The van der Waals surface area contributed by atoms with Crippen molar-refractivity contribution in [1.29, 1.82) is 0 Å². The van der Waals surface area contributed by atoms with Crippen LogP contribution in [0.4, 0.5) is 0 Å². The second kappa shape index (κ2) is 5.42. The van der Waals surface area contributed by atoms with Crippen molar-refractivity contribution in [2.24, 2.45) is 0 Å². The van der Waals surface area contributed by atoms with E-state index in [0.717, 1.165) is 19.6 Å². The summed E-state index contributed by atoms with van der Waals surface area (Å²) in [7, 11) is 0. The smallest absolute Gasteiger partial charge is 0.0806 e. The first kappa shape index (κ1) is 14.5. The van der Waals surface area contributed by atoms with Crippen molar-refractivity contribution in [2.45, 2.75) is 19.6 Å². The highest BCUT2D eigenvalue weighted by Gasteiger charge is 2.27. The third kappa shape index (κ3) is 2.36. The molecule has 0 nitrogen and oxygen atoms in total. The van der Waals surface area contributed by atoms with Gasteiger partial charge in [0.1, 0.15) is 0 Å². The average Bonchev–Trinajstić information content (AvgIpc) is 2.42. The maximum atomic E-state index is 6.25. The molecule has 0 amide bonds. The van der Waals surface area contributed by atoms with E-state index >= 15 is 0 Å². The highest BCUT2D eigenvalue weighted by molar-refractivity contribution is 8.05. The van der Waals surface area contributed by atoms with E-state index in [1.807, 2.05) is 18.2 Å². The Kier molecular flexibility index (Phi) is 4.14. The first-order chi connectivity index (χ1) is 9.00. The van der Waals surface area contributed by atoms with E-state index in [4.69, 9.17) is 58.0 Å².